The van der Waals surface area contributed by atoms with Crippen molar-refractivity contribution < 1.29 is 37.0 Å². The normalized spacial score (nSPS) is 17.9. The number of alkyl halides is 3. The Bertz CT molecular complexity index is 1100. The van der Waals surface area contributed by atoms with Gasteiger partial charge in [0.25, 0.3) is 5.91 Å². The monoisotopic (exact) mass is 501 g/mol. The molecule has 3 heterocycles. The molecule has 2 aromatic heterocycles. The van der Waals surface area contributed by atoms with Crippen molar-refractivity contribution >= 4 is 33.6 Å². The van der Waals surface area contributed by atoms with E-state index in [0.29, 0.717) is 25.9 Å². The summed E-state index contributed by atoms with van der Waals surface area (Å²) in [6.45, 7) is 4.80. The van der Waals surface area contributed by atoms with E-state index in [4.69, 9.17) is 14.2 Å². The van der Waals surface area contributed by atoms with Crippen LogP contribution in [0.3, 0.4) is 0 Å². The molecule has 34 heavy (non-hydrogen) atoms. The zero-order valence-electron chi connectivity index (χ0n) is 19.2. The lowest BCUT2D eigenvalue weighted by Crippen LogP contribution is -2.66. The van der Waals surface area contributed by atoms with Crippen molar-refractivity contribution in [2.24, 2.45) is 5.41 Å². The number of ether oxygens (including phenoxy) is 3. The molecule has 2 fully saturated rings. The van der Waals surface area contributed by atoms with E-state index in [9.17, 15) is 22.8 Å². The first-order chi connectivity index (χ1) is 15.9. The van der Waals surface area contributed by atoms with Crippen LogP contribution in [0.2, 0.25) is 0 Å². The fourth-order valence-corrected chi connectivity index (χ4v) is 5.56. The first-order valence-corrected chi connectivity index (χ1v) is 11.6. The number of methoxy groups -OCH3 is 1. The minimum absolute atomic E-state index is 0.0283. The Kier molecular flexibility index (Phi) is 6.17. The van der Waals surface area contributed by atoms with E-state index in [1.54, 1.807) is 18.7 Å². The van der Waals surface area contributed by atoms with Crippen LogP contribution in [-0.2, 0) is 15.7 Å². The summed E-state index contributed by atoms with van der Waals surface area (Å²) in [4.78, 5) is 30.2. The van der Waals surface area contributed by atoms with Gasteiger partial charge in [0, 0.05) is 44.1 Å². The van der Waals surface area contributed by atoms with E-state index in [-0.39, 0.29) is 39.8 Å². The predicted molar refractivity (Wildman–Crippen MR) is 118 cm³/mol. The van der Waals surface area contributed by atoms with Gasteiger partial charge in [-0.2, -0.15) is 13.2 Å². The number of nitrogens with one attached hydrogen (secondary N) is 1. The quantitative estimate of drug-likeness (QED) is 0.642. The molecule has 2 amide bonds. The lowest BCUT2D eigenvalue weighted by molar-refractivity contribution is -0.136. The van der Waals surface area contributed by atoms with Gasteiger partial charge in [0.2, 0.25) is 5.88 Å². The Labute approximate surface area is 198 Å². The van der Waals surface area contributed by atoms with Crippen molar-refractivity contribution in [2.75, 3.05) is 33.9 Å². The van der Waals surface area contributed by atoms with E-state index in [0.717, 1.165) is 17.4 Å². The number of aromatic nitrogens is 1. The maximum Gasteiger partial charge on any atom is 0.418 e. The molecule has 1 saturated carbocycles. The third-order valence-corrected chi connectivity index (χ3v) is 7.05. The van der Waals surface area contributed by atoms with Gasteiger partial charge < -0.3 is 24.4 Å². The van der Waals surface area contributed by atoms with E-state index in [2.05, 4.69) is 10.3 Å². The van der Waals surface area contributed by atoms with E-state index < -0.39 is 29.3 Å². The van der Waals surface area contributed by atoms with Gasteiger partial charge in [-0.25, -0.2) is 9.78 Å². The highest BCUT2D eigenvalue weighted by Gasteiger charge is 2.55. The van der Waals surface area contributed by atoms with Crippen molar-refractivity contribution in [3.8, 4) is 5.88 Å². The van der Waals surface area contributed by atoms with Crippen molar-refractivity contribution in [1.29, 1.82) is 0 Å². The number of likely N-dealkylation sites (tertiary alicyclic amines) is 1. The Morgan fingerprint density at radius 2 is 1.97 bits per heavy atom. The number of rotatable bonds is 6. The lowest BCUT2D eigenvalue weighted by atomic mass is 9.62. The van der Waals surface area contributed by atoms with E-state index in [1.165, 1.54) is 19.5 Å². The number of pyridine rings is 1. The van der Waals surface area contributed by atoms with Crippen LogP contribution in [0, 0.1) is 5.41 Å². The van der Waals surface area contributed by atoms with Crippen LogP contribution in [0.25, 0.3) is 10.2 Å². The van der Waals surface area contributed by atoms with Crippen molar-refractivity contribution in [3.05, 3.63) is 22.6 Å². The molecule has 0 atom stereocenters. The molecule has 1 aliphatic carbocycles. The van der Waals surface area contributed by atoms with Crippen molar-refractivity contribution in [2.45, 2.75) is 44.6 Å². The van der Waals surface area contributed by atoms with Crippen LogP contribution < -0.4 is 10.1 Å². The molecule has 12 heteroatoms. The molecule has 1 spiro atoms. The van der Waals surface area contributed by atoms with Crippen LogP contribution in [-0.4, -0.2) is 67.4 Å². The van der Waals surface area contributed by atoms with Crippen molar-refractivity contribution in [3.63, 3.8) is 0 Å². The SMILES string of the molecule is CNC(=O)c1csc2c(C(F)(F)F)cc(OC3CC4(C3)CN(C(=O)OC(C)(C)COC)C4)nc12. The van der Waals surface area contributed by atoms with Gasteiger partial charge in [-0.1, -0.05) is 0 Å². The Hall–Kier alpha value is -2.60. The molecule has 4 rings (SSSR count). The summed E-state index contributed by atoms with van der Waals surface area (Å²) in [5.41, 5.74) is -1.69. The van der Waals surface area contributed by atoms with Gasteiger partial charge >= 0.3 is 12.3 Å². The van der Waals surface area contributed by atoms with E-state index in [1.807, 2.05) is 0 Å². The first kappa shape index (κ1) is 24.5. The van der Waals surface area contributed by atoms with Gasteiger partial charge in [0.05, 0.1) is 28.0 Å². The second-order valence-electron chi connectivity index (χ2n) is 9.48. The van der Waals surface area contributed by atoms with Gasteiger partial charge in [-0.05, 0) is 26.7 Å². The summed E-state index contributed by atoms with van der Waals surface area (Å²) in [5, 5.41) is 3.78. The van der Waals surface area contributed by atoms with Crippen LogP contribution in [0.4, 0.5) is 18.0 Å². The molecule has 0 unspecified atom stereocenters. The Morgan fingerprint density at radius 3 is 2.56 bits per heavy atom. The van der Waals surface area contributed by atoms with E-state index >= 15 is 0 Å². The predicted octanol–water partition coefficient (Wildman–Crippen LogP) is 4.08. The number of amides is 2. The largest absolute Gasteiger partial charge is 0.474 e. The lowest BCUT2D eigenvalue weighted by Gasteiger charge is -2.58. The van der Waals surface area contributed by atoms with Gasteiger partial charge in [0.1, 0.15) is 11.7 Å². The fraction of sp³-hybridized carbons (Fsp3) is 0.591. The third kappa shape index (κ3) is 4.65. The second kappa shape index (κ2) is 8.56. The van der Waals surface area contributed by atoms with Crippen LogP contribution in [0.15, 0.2) is 11.4 Å². The standard InChI is InChI=1S/C22H26F3N3O5S/c1-20(2,11-31-4)33-19(30)28-9-21(10-28)6-12(7-21)32-15-5-14(22(23,24)25)17-16(27-15)13(8-34-17)18(29)26-3/h5,8,12H,6-7,9-11H2,1-4H3,(H,26,29). The van der Waals surface area contributed by atoms with Crippen LogP contribution in [0.1, 0.15) is 42.6 Å². The van der Waals surface area contributed by atoms with Gasteiger partial charge in [-0.15, -0.1) is 11.3 Å². The minimum Gasteiger partial charge on any atom is -0.474 e. The third-order valence-electron chi connectivity index (χ3n) is 6.05. The molecular weight excluding hydrogens is 475 g/mol. The fourth-order valence-electron chi connectivity index (χ4n) is 4.54. The maximum absolute atomic E-state index is 13.7. The number of carbonyl (C=O) groups is 2. The highest BCUT2D eigenvalue weighted by molar-refractivity contribution is 7.17. The summed E-state index contributed by atoms with van der Waals surface area (Å²) < 4.78 is 57.2. The maximum atomic E-state index is 13.7. The number of halogens is 3. The molecule has 2 aliphatic rings. The first-order valence-electron chi connectivity index (χ1n) is 10.7. The van der Waals surface area contributed by atoms with Crippen molar-refractivity contribution in [1.82, 2.24) is 15.2 Å². The van der Waals surface area contributed by atoms with Gasteiger partial charge in [-0.3, -0.25) is 4.79 Å². The highest BCUT2D eigenvalue weighted by Crippen LogP contribution is 2.50. The number of hydrogen-bond acceptors (Lipinski definition) is 7. The summed E-state index contributed by atoms with van der Waals surface area (Å²) >= 11 is 0.825. The summed E-state index contributed by atoms with van der Waals surface area (Å²) in [6.07, 6.45) is -4.18. The number of fused-ring (bicyclic) bond motifs is 1. The average molecular weight is 502 g/mol. The summed E-state index contributed by atoms with van der Waals surface area (Å²) in [7, 11) is 2.94. The van der Waals surface area contributed by atoms with Crippen LogP contribution in [0.5, 0.6) is 5.88 Å². The molecule has 0 radical (unpaired) electrons. The topological polar surface area (TPSA) is 90.0 Å². The van der Waals surface area contributed by atoms with Gasteiger partial charge in [0.15, 0.2) is 0 Å². The number of thiophene rings is 1. The number of hydrogen-bond donors (Lipinski definition) is 1. The molecule has 2 aromatic rings. The summed E-state index contributed by atoms with van der Waals surface area (Å²) in [5.74, 6) is -0.679. The molecule has 0 aromatic carbocycles. The highest BCUT2D eigenvalue weighted by atomic mass is 32.1. The molecule has 1 N–H and O–H groups in total. The number of nitrogens with zero attached hydrogens (tertiary/aromatic N) is 2. The number of carbonyl (C=O) groups excluding carboxylic acids is 2. The second-order valence-corrected chi connectivity index (χ2v) is 10.4. The molecule has 1 aliphatic heterocycles. The molecule has 186 valence electrons. The molecule has 8 nitrogen and oxygen atoms in total. The van der Waals surface area contributed by atoms with Crippen LogP contribution >= 0.6 is 11.3 Å². The molecule has 1 saturated heterocycles. The average Bonchev–Trinajstić information content (AvgIpc) is 3.09. The zero-order valence-corrected chi connectivity index (χ0v) is 20.1. The summed E-state index contributed by atoms with van der Waals surface area (Å²) in [6, 6.07) is 0.889. The zero-order chi connectivity index (χ0) is 24.9. The molecular formula is C22H26F3N3O5S. The Balaban J connectivity index is 1.41. The Morgan fingerprint density at radius 1 is 1.29 bits per heavy atom. The minimum atomic E-state index is -4.61. The smallest absolute Gasteiger partial charge is 0.418 e. The molecule has 0 bridgehead atoms.